The first-order valence-electron chi connectivity index (χ1n) is 12.5. The molecule has 4 heterocycles. The number of aryl methyl sites for hydroxylation is 1. The first-order chi connectivity index (χ1) is 17.6. The molecule has 3 unspecified atom stereocenters. The summed E-state index contributed by atoms with van der Waals surface area (Å²) in [6.45, 7) is 11.5. The van der Waals surface area contributed by atoms with Gasteiger partial charge in [-0.25, -0.2) is 9.48 Å². The van der Waals surface area contributed by atoms with Crippen molar-refractivity contribution < 1.29 is 34.3 Å². The van der Waals surface area contributed by atoms with Crippen molar-refractivity contribution in [2.24, 2.45) is 0 Å². The molecule has 2 saturated heterocycles. The number of aromatic amines is 1. The van der Waals surface area contributed by atoms with E-state index in [4.69, 9.17) is 13.9 Å². The highest BCUT2D eigenvalue weighted by Crippen LogP contribution is 2.45. The number of nitrogens with zero attached hydrogens (tertiary/aromatic N) is 4. The van der Waals surface area contributed by atoms with Gasteiger partial charge in [-0.15, -0.1) is 5.10 Å². The highest BCUT2D eigenvalue weighted by atomic mass is 28.4. The van der Waals surface area contributed by atoms with Crippen molar-refractivity contribution in [2.75, 3.05) is 6.61 Å². The van der Waals surface area contributed by atoms with Crippen molar-refractivity contribution >= 4 is 8.32 Å². The Morgan fingerprint density at radius 2 is 1.82 bits per heavy atom. The van der Waals surface area contributed by atoms with E-state index in [9.17, 15) is 30.0 Å². The van der Waals surface area contributed by atoms with Crippen LogP contribution in [0.5, 0.6) is 0 Å². The smallest absolute Gasteiger partial charge is 0.330 e. The fourth-order valence-electron chi connectivity index (χ4n) is 4.38. The summed E-state index contributed by atoms with van der Waals surface area (Å²) in [5, 5.41) is 48.4. The summed E-state index contributed by atoms with van der Waals surface area (Å²) in [4.78, 5) is 26.8. The molecule has 2 aliphatic heterocycles. The van der Waals surface area contributed by atoms with Gasteiger partial charge in [0.15, 0.2) is 14.5 Å². The lowest BCUT2D eigenvalue weighted by molar-refractivity contribution is -0.254. The molecule has 15 heteroatoms. The molecule has 2 aliphatic rings. The summed E-state index contributed by atoms with van der Waals surface area (Å²) >= 11 is 0. The molecule has 2 aromatic heterocycles. The van der Waals surface area contributed by atoms with Crippen LogP contribution in [0.1, 0.15) is 57.0 Å². The van der Waals surface area contributed by atoms with E-state index in [0.29, 0.717) is 17.7 Å². The third-order valence-electron chi connectivity index (χ3n) is 7.73. The molecule has 0 amide bonds. The van der Waals surface area contributed by atoms with Crippen LogP contribution in [0.3, 0.4) is 0 Å². The second kappa shape index (κ2) is 10.4. The second-order valence-corrected chi connectivity index (χ2v) is 16.2. The highest BCUT2D eigenvalue weighted by molar-refractivity contribution is 6.74. The Labute approximate surface area is 219 Å². The van der Waals surface area contributed by atoms with Crippen LogP contribution in [-0.2, 0) is 13.9 Å². The van der Waals surface area contributed by atoms with Crippen molar-refractivity contribution in [3.8, 4) is 0 Å². The first-order valence-corrected chi connectivity index (χ1v) is 15.4. The van der Waals surface area contributed by atoms with Gasteiger partial charge in [0.2, 0.25) is 0 Å². The molecule has 0 radical (unpaired) electrons. The standard InChI is InChI=1S/C23H37N5O9Si/c1-11-8-27(22(34)24-20(11)33)15-7-13(37-38(5,6)23(2,3)4)19(36-15)12-9-28(26-25-12)21-18(32)17(31)16(30)14(10-29)35-21/h8-9,13-19,21,29-32H,7,10H2,1-6H3,(H,24,33,34)/t13-,14?,15-,16-,17?,18?,19-,21-/m1/s1. The van der Waals surface area contributed by atoms with Crippen molar-refractivity contribution in [2.45, 2.75) is 101 Å². The monoisotopic (exact) mass is 555 g/mol. The van der Waals surface area contributed by atoms with Gasteiger partial charge in [0.05, 0.1) is 18.9 Å². The fraction of sp³-hybridized carbons (Fsp3) is 0.739. The molecule has 0 aromatic carbocycles. The van der Waals surface area contributed by atoms with E-state index >= 15 is 0 Å². The van der Waals surface area contributed by atoms with Crippen LogP contribution in [0.15, 0.2) is 22.0 Å². The molecule has 5 N–H and O–H groups in total. The topological polar surface area (TPSA) is 194 Å². The van der Waals surface area contributed by atoms with Crippen molar-refractivity contribution in [3.05, 3.63) is 44.5 Å². The third-order valence-corrected chi connectivity index (χ3v) is 12.2. The Hall–Kier alpha value is -2.24. The molecule has 0 spiro atoms. The van der Waals surface area contributed by atoms with Gasteiger partial charge >= 0.3 is 5.69 Å². The number of H-pyrrole nitrogens is 1. The molecule has 0 aliphatic carbocycles. The van der Waals surface area contributed by atoms with Crippen LogP contribution in [0.25, 0.3) is 0 Å². The Bertz CT molecular complexity index is 1250. The Kier molecular flexibility index (Phi) is 7.86. The number of aliphatic hydroxyl groups excluding tert-OH is 4. The van der Waals surface area contributed by atoms with Crippen molar-refractivity contribution in [1.82, 2.24) is 24.5 Å². The van der Waals surface area contributed by atoms with Crippen LogP contribution in [0.4, 0.5) is 0 Å². The minimum atomic E-state index is -2.31. The number of rotatable bonds is 6. The number of aliphatic hydroxyl groups is 4. The van der Waals surface area contributed by atoms with E-state index in [0.717, 1.165) is 0 Å². The van der Waals surface area contributed by atoms with Gasteiger partial charge in [-0.05, 0) is 25.1 Å². The van der Waals surface area contributed by atoms with E-state index < -0.39 is 75.3 Å². The van der Waals surface area contributed by atoms with Gasteiger partial charge in [-0.3, -0.25) is 14.3 Å². The molecule has 8 atom stereocenters. The predicted octanol–water partition coefficient (Wildman–Crippen LogP) is -0.540. The van der Waals surface area contributed by atoms with Crippen LogP contribution in [0.2, 0.25) is 18.1 Å². The average Bonchev–Trinajstić information content (AvgIpc) is 3.46. The first kappa shape index (κ1) is 28.8. The van der Waals surface area contributed by atoms with Crippen LogP contribution in [-0.4, -0.2) is 90.4 Å². The molecule has 4 rings (SSSR count). The van der Waals surface area contributed by atoms with Gasteiger partial charge in [-0.1, -0.05) is 26.0 Å². The van der Waals surface area contributed by atoms with Gasteiger partial charge in [0.25, 0.3) is 5.56 Å². The lowest BCUT2D eigenvalue weighted by atomic mass is 9.98. The second-order valence-electron chi connectivity index (χ2n) is 11.5. The van der Waals surface area contributed by atoms with Gasteiger partial charge < -0.3 is 34.3 Å². The van der Waals surface area contributed by atoms with E-state index in [2.05, 4.69) is 49.2 Å². The third kappa shape index (κ3) is 5.29. The van der Waals surface area contributed by atoms with Gasteiger partial charge in [-0.2, -0.15) is 0 Å². The Morgan fingerprint density at radius 1 is 1.13 bits per heavy atom. The normalized spacial score (nSPS) is 32.6. The molecule has 0 saturated carbocycles. The van der Waals surface area contributed by atoms with E-state index in [-0.39, 0.29) is 5.04 Å². The number of aromatic nitrogens is 5. The molecule has 38 heavy (non-hydrogen) atoms. The van der Waals surface area contributed by atoms with Gasteiger partial charge in [0, 0.05) is 18.2 Å². The highest BCUT2D eigenvalue weighted by Gasteiger charge is 2.48. The van der Waals surface area contributed by atoms with Crippen molar-refractivity contribution in [3.63, 3.8) is 0 Å². The van der Waals surface area contributed by atoms with E-state index in [1.807, 2.05) is 0 Å². The molecular formula is C23H37N5O9Si. The van der Waals surface area contributed by atoms with Gasteiger partial charge in [0.1, 0.15) is 42.4 Å². The SMILES string of the molecule is Cc1cn([C@H]2C[C@@H](O[Si](C)(C)C(C)(C)C)[C@@H](c3cn([C@@H]4OC(CO)[C@@H](O)C(O)C4O)nn3)O2)c(=O)[nH]c1=O. The molecule has 212 valence electrons. The number of hydrogen-bond donors (Lipinski definition) is 5. The maximum Gasteiger partial charge on any atom is 0.330 e. The Morgan fingerprint density at radius 3 is 2.45 bits per heavy atom. The summed E-state index contributed by atoms with van der Waals surface area (Å²) in [6.07, 6.45) is -5.76. The van der Waals surface area contributed by atoms with Crippen LogP contribution < -0.4 is 11.2 Å². The zero-order valence-corrected chi connectivity index (χ0v) is 23.3. The summed E-state index contributed by atoms with van der Waals surface area (Å²) in [5.74, 6) is 0. The number of ether oxygens (including phenoxy) is 2. The van der Waals surface area contributed by atoms with Crippen molar-refractivity contribution in [1.29, 1.82) is 0 Å². The Balaban J connectivity index is 1.67. The van der Waals surface area contributed by atoms with Crippen LogP contribution in [0, 0.1) is 6.92 Å². The fourth-order valence-corrected chi connectivity index (χ4v) is 5.72. The zero-order valence-electron chi connectivity index (χ0n) is 22.3. The number of nitrogens with one attached hydrogen (secondary N) is 1. The molecule has 2 aromatic rings. The largest absolute Gasteiger partial charge is 0.411 e. The minimum Gasteiger partial charge on any atom is -0.411 e. The van der Waals surface area contributed by atoms with Crippen LogP contribution >= 0.6 is 0 Å². The summed E-state index contributed by atoms with van der Waals surface area (Å²) in [5.41, 5.74) is -0.394. The van der Waals surface area contributed by atoms with E-state index in [1.54, 1.807) is 6.92 Å². The predicted molar refractivity (Wildman–Crippen MR) is 135 cm³/mol. The average molecular weight is 556 g/mol. The zero-order chi connectivity index (χ0) is 28.2. The molecule has 14 nitrogen and oxygen atoms in total. The summed E-state index contributed by atoms with van der Waals surface area (Å²) in [6, 6.07) is 0. The quantitative estimate of drug-likeness (QED) is 0.287. The molecule has 0 bridgehead atoms. The summed E-state index contributed by atoms with van der Waals surface area (Å²) in [7, 11) is -2.31. The minimum absolute atomic E-state index is 0.116. The molecular weight excluding hydrogens is 518 g/mol. The lowest BCUT2D eigenvalue weighted by Gasteiger charge is -2.39. The maximum absolute atomic E-state index is 12.6. The summed E-state index contributed by atoms with van der Waals surface area (Å²) < 4.78 is 21.0. The number of hydrogen-bond acceptors (Lipinski definition) is 11. The molecule has 2 fully saturated rings. The van der Waals surface area contributed by atoms with E-state index in [1.165, 1.54) is 21.6 Å². The maximum atomic E-state index is 12.6. The lowest BCUT2D eigenvalue weighted by Crippen LogP contribution is -2.56.